The summed E-state index contributed by atoms with van der Waals surface area (Å²) in [7, 11) is 0. The number of fused-ring (bicyclic) bond motifs is 1. The van der Waals surface area contributed by atoms with Gasteiger partial charge in [0.15, 0.2) is 0 Å². The number of benzene rings is 1. The monoisotopic (exact) mass is 283 g/mol. The van der Waals surface area contributed by atoms with Crippen LogP contribution in [0.2, 0.25) is 0 Å². The molecule has 0 saturated carbocycles. The zero-order valence-corrected chi connectivity index (χ0v) is 11.4. The van der Waals surface area contributed by atoms with Crippen molar-refractivity contribution < 1.29 is 4.74 Å². The second-order valence-corrected chi connectivity index (χ2v) is 5.88. The van der Waals surface area contributed by atoms with Crippen LogP contribution in [0.3, 0.4) is 0 Å². The molecule has 0 saturated heterocycles. The lowest BCUT2D eigenvalue weighted by Gasteiger charge is -2.26. The minimum atomic E-state index is 0.0763. The Balaban J connectivity index is 2.48. The van der Waals surface area contributed by atoms with E-state index in [4.69, 9.17) is 10.5 Å². The second-order valence-electron chi connectivity index (χ2n) is 4.96. The molecule has 1 aliphatic rings. The molecule has 0 aromatic heterocycles. The molecule has 0 atom stereocenters. The highest BCUT2D eigenvalue weighted by Crippen LogP contribution is 2.41. The topological polar surface area (TPSA) is 35.2 Å². The highest BCUT2D eigenvalue weighted by molar-refractivity contribution is 9.10. The zero-order chi connectivity index (χ0) is 11.8. The molecule has 0 fully saturated rings. The first-order chi connectivity index (χ1) is 7.54. The van der Waals surface area contributed by atoms with Crippen LogP contribution in [-0.2, 0) is 11.8 Å². The number of rotatable bonds is 3. The third-order valence-corrected chi connectivity index (χ3v) is 3.70. The lowest BCUT2D eigenvalue weighted by atomic mass is 9.80. The maximum absolute atomic E-state index is 5.76. The summed E-state index contributed by atoms with van der Waals surface area (Å²) >= 11 is 3.57. The van der Waals surface area contributed by atoms with Crippen molar-refractivity contribution in [3.63, 3.8) is 0 Å². The largest absolute Gasteiger partial charge is 0.493 e. The number of hydrogen-bond acceptors (Lipinski definition) is 2. The first kappa shape index (κ1) is 11.9. The summed E-state index contributed by atoms with van der Waals surface area (Å²) in [6.07, 6.45) is 1.99. The van der Waals surface area contributed by atoms with Crippen LogP contribution in [0.15, 0.2) is 16.6 Å². The van der Waals surface area contributed by atoms with E-state index < -0.39 is 0 Å². The van der Waals surface area contributed by atoms with Gasteiger partial charge < -0.3 is 10.5 Å². The van der Waals surface area contributed by atoms with E-state index in [0.717, 1.165) is 29.7 Å². The number of halogens is 1. The van der Waals surface area contributed by atoms with Crippen LogP contribution in [0.1, 0.15) is 31.4 Å². The highest BCUT2D eigenvalue weighted by atomic mass is 79.9. The predicted molar refractivity (Wildman–Crippen MR) is 70.0 cm³/mol. The number of hydrogen-bond donors (Lipinski definition) is 1. The third-order valence-electron chi connectivity index (χ3n) is 3.25. The fourth-order valence-corrected chi connectivity index (χ4v) is 2.77. The lowest BCUT2D eigenvalue weighted by molar-refractivity contribution is 0.342. The quantitative estimate of drug-likeness (QED) is 0.926. The van der Waals surface area contributed by atoms with E-state index in [2.05, 4.69) is 41.9 Å². The molecule has 1 aromatic carbocycles. The van der Waals surface area contributed by atoms with Gasteiger partial charge in [-0.1, -0.05) is 29.8 Å². The van der Waals surface area contributed by atoms with Crippen molar-refractivity contribution in [2.24, 2.45) is 5.73 Å². The Bertz CT molecular complexity index is 401. The minimum absolute atomic E-state index is 0.0763. The molecule has 0 amide bonds. The van der Waals surface area contributed by atoms with Crippen LogP contribution in [-0.4, -0.2) is 13.2 Å². The molecular formula is C13H18BrNO. The van der Waals surface area contributed by atoms with Gasteiger partial charge >= 0.3 is 0 Å². The maximum Gasteiger partial charge on any atom is 0.126 e. The molecule has 0 unspecified atom stereocenters. The van der Waals surface area contributed by atoms with E-state index in [-0.39, 0.29) is 5.41 Å². The molecule has 0 aliphatic carbocycles. The van der Waals surface area contributed by atoms with Gasteiger partial charge in [-0.2, -0.15) is 0 Å². The predicted octanol–water partition coefficient (Wildman–Crippen LogP) is 3.01. The van der Waals surface area contributed by atoms with Gasteiger partial charge in [-0.25, -0.2) is 0 Å². The van der Waals surface area contributed by atoms with Gasteiger partial charge in [0.25, 0.3) is 0 Å². The Morgan fingerprint density at radius 2 is 2.19 bits per heavy atom. The summed E-state index contributed by atoms with van der Waals surface area (Å²) in [6.45, 7) is 5.96. The maximum atomic E-state index is 5.76. The molecule has 2 rings (SSSR count). The van der Waals surface area contributed by atoms with Gasteiger partial charge in [0, 0.05) is 16.5 Å². The number of nitrogens with two attached hydrogens (primary N) is 1. The molecular weight excluding hydrogens is 266 g/mol. The summed E-state index contributed by atoms with van der Waals surface area (Å²) in [6, 6.07) is 4.32. The average molecular weight is 284 g/mol. The van der Waals surface area contributed by atoms with Crippen molar-refractivity contribution in [2.45, 2.75) is 32.1 Å². The van der Waals surface area contributed by atoms with E-state index >= 15 is 0 Å². The normalized spacial score (nSPS) is 14.8. The SMILES string of the molecule is CC(C)(CCN)c1cc(Br)cc2c1OCC2. The second kappa shape index (κ2) is 4.38. The van der Waals surface area contributed by atoms with Crippen molar-refractivity contribution >= 4 is 15.9 Å². The van der Waals surface area contributed by atoms with E-state index in [1.807, 2.05) is 0 Å². The zero-order valence-electron chi connectivity index (χ0n) is 9.85. The van der Waals surface area contributed by atoms with E-state index in [9.17, 15) is 0 Å². The first-order valence-corrected chi connectivity index (χ1v) is 6.49. The molecule has 88 valence electrons. The fraction of sp³-hybridized carbons (Fsp3) is 0.538. The third kappa shape index (κ3) is 2.11. The molecule has 3 heteroatoms. The van der Waals surface area contributed by atoms with E-state index in [0.29, 0.717) is 6.54 Å². The number of ether oxygens (including phenoxy) is 1. The molecule has 2 nitrogen and oxygen atoms in total. The van der Waals surface area contributed by atoms with Gasteiger partial charge in [-0.3, -0.25) is 0 Å². The standard InChI is InChI=1S/C13H18BrNO/c1-13(2,4-5-15)11-8-10(14)7-9-3-6-16-12(9)11/h7-8H,3-6,15H2,1-2H3. The van der Waals surface area contributed by atoms with E-state index in [1.54, 1.807) is 0 Å². The molecule has 0 spiro atoms. The molecule has 1 aromatic rings. The summed E-state index contributed by atoms with van der Waals surface area (Å²) in [5.74, 6) is 1.08. The van der Waals surface area contributed by atoms with Crippen molar-refractivity contribution in [1.29, 1.82) is 0 Å². The average Bonchev–Trinajstić information content (AvgIpc) is 2.63. The van der Waals surface area contributed by atoms with E-state index in [1.165, 1.54) is 11.1 Å². The van der Waals surface area contributed by atoms with Gasteiger partial charge in [0.05, 0.1) is 6.61 Å². The molecule has 0 bridgehead atoms. The Labute approximate surface area is 105 Å². The van der Waals surface area contributed by atoms with Crippen molar-refractivity contribution in [1.82, 2.24) is 0 Å². The first-order valence-electron chi connectivity index (χ1n) is 5.70. The van der Waals surface area contributed by atoms with Crippen LogP contribution >= 0.6 is 15.9 Å². The van der Waals surface area contributed by atoms with Crippen molar-refractivity contribution in [3.05, 3.63) is 27.7 Å². The summed E-state index contributed by atoms with van der Waals surface area (Å²) in [5.41, 5.74) is 8.35. The molecule has 2 N–H and O–H groups in total. The molecule has 1 aliphatic heterocycles. The highest BCUT2D eigenvalue weighted by Gasteiger charge is 2.28. The Hall–Kier alpha value is -0.540. The van der Waals surface area contributed by atoms with Crippen LogP contribution < -0.4 is 10.5 Å². The van der Waals surface area contributed by atoms with Crippen LogP contribution in [0.5, 0.6) is 5.75 Å². The van der Waals surface area contributed by atoms with Crippen LogP contribution in [0, 0.1) is 0 Å². The van der Waals surface area contributed by atoms with Crippen LogP contribution in [0.4, 0.5) is 0 Å². The lowest BCUT2D eigenvalue weighted by Crippen LogP contribution is -2.22. The Morgan fingerprint density at radius 3 is 2.88 bits per heavy atom. The smallest absolute Gasteiger partial charge is 0.126 e. The van der Waals surface area contributed by atoms with Crippen molar-refractivity contribution in [3.8, 4) is 5.75 Å². The van der Waals surface area contributed by atoms with Gasteiger partial charge in [-0.15, -0.1) is 0 Å². The Morgan fingerprint density at radius 1 is 1.44 bits per heavy atom. The van der Waals surface area contributed by atoms with Gasteiger partial charge in [0.1, 0.15) is 5.75 Å². The summed E-state index contributed by atoms with van der Waals surface area (Å²) in [5, 5.41) is 0. The van der Waals surface area contributed by atoms with Gasteiger partial charge in [0.2, 0.25) is 0 Å². The fourth-order valence-electron chi connectivity index (χ4n) is 2.27. The summed E-state index contributed by atoms with van der Waals surface area (Å²) < 4.78 is 6.89. The minimum Gasteiger partial charge on any atom is -0.493 e. The van der Waals surface area contributed by atoms with Crippen molar-refractivity contribution in [2.75, 3.05) is 13.2 Å². The van der Waals surface area contributed by atoms with Gasteiger partial charge in [-0.05, 0) is 36.1 Å². The Kier molecular flexibility index (Phi) is 3.27. The van der Waals surface area contributed by atoms with Crippen LogP contribution in [0.25, 0.3) is 0 Å². The molecule has 1 heterocycles. The molecule has 0 radical (unpaired) electrons. The summed E-state index contributed by atoms with van der Waals surface area (Å²) in [4.78, 5) is 0. The molecule has 16 heavy (non-hydrogen) atoms.